The number of nitrogens with zero attached hydrogens (tertiary/aromatic N) is 3. The van der Waals surface area contributed by atoms with E-state index < -0.39 is 5.41 Å². The van der Waals surface area contributed by atoms with Gasteiger partial charge in [-0.25, -0.2) is 5.10 Å². The Bertz CT molecular complexity index is 1180. The summed E-state index contributed by atoms with van der Waals surface area (Å²) in [5.41, 5.74) is 2.37. The van der Waals surface area contributed by atoms with Gasteiger partial charge in [0.15, 0.2) is 0 Å². The molecule has 0 bridgehead atoms. The van der Waals surface area contributed by atoms with E-state index in [-0.39, 0.29) is 23.1 Å². The van der Waals surface area contributed by atoms with E-state index in [1.54, 1.807) is 23.9 Å². The molecule has 3 aromatic rings. The molecule has 2 heterocycles. The minimum absolute atomic E-state index is 0.0135. The van der Waals surface area contributed by atoms with E-state index in [1.807, 2.05) is 30.3 Å². The molecule has 7 nitrogen and oxygen atoms in total. The second-order valence-electron chi connectivity index (χ2n) is 8.86. The van der Waals surface area contributed by atoms with E-state index in [2.05, 4.69) is 34.5 Å². The third kappa shape index (κ3) is 4.87. The molecule has 1 atom stereocenters. The number of rotatable bonds is 5. The fraction of sp³-hybridized carbons (Fsp3) is 0.308. The molecule has 1 saturated heterocycles. The van der Waals surface area contributed by atoms with Crippen molar-refractivity contribution in [2.75, 3.05) is 27.2 Å². The zero-order valence-electron chi connectivity index (χ0n) is 19.0. The number of nitrogens with one attached hydrogen (secondary N) is 1. The summed E-state index contributed by atoms with van der Waals surface area (Å²) in [6, 6.07) is 21.1. The number of amides is 2. The average molecular weight is 445 g/mol. The van der Waals surface area contributed by atoms with Gasteiger partial charge in [0, 0.05) is 33.3 Å². The molecule has 0 aliphatic carbocycles. The summed E-state index contributed by atoms with van der Waals surface area (Å²) in [6.45, 7) is 0.853. The van der Waals surface area contributed by atoms with Crippen molar-refractivity contribution in [3.63, 3.8) is 0 Å². The van der Waals surface area contributed by atoms with E-state index in [4.69, 9.17) is 0 Å². The summed E-state index contributed by atoms with van der Waals surface area (Å²) in [6.07, 6.45) is 1.95. The molecule has 0 saturated carbocycles. The standard InChI is InChI=1S/C26H28N4O3/c1-29(2)25(33)26(17-19-8-6-11-21(16-19)20-9-4-3-5-10-20)14-7-15-30(18-26)24(32)22-12-13-23(31)28-27-22/h3-6,8-13,16H,7,14-15,17-18H2,1-2H3,(H,28,31)/t26-/m1/s1. The van der Waals surface area contributed by atoms with E-state index in [0.717, 1.165) is 16.7 Å². The molecule has 1 aliphatic heterocycles. The highest BCUT2D eigenvalue weighted by molar-refractivity contribution is 5.93. The van der Waals surface area contributed by atoms with Crippen molar-refractivity contribution in [2.45, 2.75) is 19.3 Å². The van der Waals surface area contributed by atoms with Crippen LogP contribution in [0.15, 0.2) is 71.5 Å². The topological polar surface area (TPSA) is 86.4 Å². The molecule has 7 heteroatoms. The van der Waals surface area contributed by atoms with Gasteiger partial charge in [0.25, 0.3) is 11.5 Å². The van der Waals surface area contributed by atoms with E-state index in [0.29, 0.717) is 32.4 Å². The molecule has 1 N–H and O–H groups in total. The smallest absolute Gasteiger partial charge is 0.274 e. The Hall–Kier alpha value is -3.74. The number of hydrogen-bond acceptors (Lipinski definition) is 4. The molecule has 4 rings (SSSR count). The van der Waals surface area contributed by atoms with Gasteiger partial charge in [0.05, 0.1) is 5.41 Å². The summed E-state index contributed by atoms with van der Waals surface area (Å²) in [4.78, 5) is 41.2. The fourth-order valence-electron chi connectivity index (χ4n) is 4.68. The molecule has 1 aliphatic rings. The maximum absolute atomic E-state index is 13.5. The Balaban J connectivity index is 1.64. The minimum atomic E-state index is -0.727. The van der Waals surface area contributed by atoms with Crippen LogP contribution in [0.4, 0.5) is 0 Å². The molecule has 0 unspecified atom stereocenters. The summed E-state index contributed by atoms with van der Waals surface area (Å²) in [7, 11) is 3.52. The Morgan fingerprint density at radius 3 is 2.48 bits per heavy atom. The number of aromatic nitrogens is 2. The van der Waals surface area contributed by atoms with Gasteiger partial charge < -0.3 is 9.80 Å². The third-order valence-electron chi connectivity index (χ3n) is 6.20. The molecular weight excluding hydrogens is 416 g/mol. The molecule has 1 fully saturated rings. The van der Waals surface area contributed by atoms with E-state index in [9.17, 15) is 14.4 Å². The van der Waals surface area contributed by atoms with Crippen molar-refractivity contribution in [2.24, 2.45) is 5.41 Å². The van der Waals surface area contributed by atoms with Gasteiger partial charge in [-0.05, 0) is 42.0 Å². The van der Waals surface area contributed by atoms with Crippen LogP contribution in [0.3, 0.4) is 0 Å². The summed E-state index contributed by atoms with van der Waals surface area (Å²) >= 11 is 0. The lowest BCUT2D eigenvalue weighted by Gasteiger charge is -2.43. The summed E-state index contributed by atoms with van der Waals surface area (Å²) in [5.74, 6) is -0.264. The van der Waals surface area contributed by atoms with E-state index in [1.165, 1.54) is 12.1 Å². The average Bonchev–Trinajstić information content (AvgIpc) is 2.84. The Morgan fingerprint density at radius 2 is 1.79 bits per heavy atom. The Labute approximate surface area is 193 Å². The zero-order chi connectivity index (χ0) is 23.4. The number of carbonyl (C=O) groups excluding carboxylic acids is 2. The number of likely N-dealkylation sites (tertiary alicyclic amines) is 1. The molecule has 33 heavy (non-hydrogen) atoms. The van der Waals surface area contributed by atoms with Gasteiger partial charge in [-0.1, -0.05) is 54.6 Å². The van der Waals surface area contributed by atoms with Crippen molar-refractivity contribution in [3.8, 4) is 11.1 Å². The normalized spacial score (nSPS) is 18.1. The van der Waals surface area contributed by atoms with Gasteiger partial charge in [-0.15, -0.1) is 0 Å². The number of carbonyl (C=O) groups is 2. The minimum Gasteiger partial charge on any atom is -0.348 e. The van der Waals surface area contributed by atoms with Gasteiger partial charge in [-0.3, -0.25) is 14.4 Å². The number of H-pyrrole nitrogens is 1. The van der Waals surface area contributed by atoms with Crippen LogP contribution in [0.2, 0.25) is 0 Å². The number of aromatic amines is 1. The van der Waals surface area contributed by atoms with Gasteiger partial charge >= 0.3 is 0 Å². The monoisotopic (exact) mass is 444 g/mol. The van der Waals surface area contributed by atoms with Crippen LogP contribution in [0.25, 0.3) is 11.1 Å². The predicted molar refractivity (Wildman–Crippen MR) is 127 cm³/mol. The van der Waals surface area contributed by atoms with Gasteiger partial charge in [0.1, 0.15) is 5.69 Å². The Morgan fingerprint density at radius 1 is 1.03 bits per heavy atom. The molecule has 170 valence electrons. The first-order chi connectivity index (χ1) is 15.9. The van der Waals surface area contributed by atoms with E-state index >= 15 is 0 Å². The number of piperidine rings is 1. The first-order valence-electron chi connectivity index (χ1n) is 11.1. The van der Waals surface area contributed by atoms with Crippen molar-refractivity contribution >= 4 is 11.8 Å². The van der Waals surface area contributed by atoms with Crippen LogP contribution in [0.1, 0.15) is 28.9 Å². The molecule has 1 aromatic heterocycles. The maximum Gasteiger partial charge on any atom is 0.274 e. The maximum atomic E-state index is 13.5. The molecule has 2 aromatic carbocycles. The third-order valence-corrected chi connectivity index (χ3v) is 6.20. The number of hydrogen-bond donors (Lipinski definition) is 1. The highest BCUT2D eigenvalue weighted by Crippen LogP contribution is 2.36. The lowest BCUT2D eigenvalue weighted by atomic mass is 9.73. The van der Waals surface area contributed by atoms with Crippen molar-refractivity contribution in [1.29, 1.82) is 0 Å². The van der Waals surface area contributed by atoms with Crippen LogP contribution < -0.4 is 5.56 Å². The molecule has 0 spiro atoms. The first kappa shape index (κ1) is 22.5. The van der Waals surface area contributed by atoms with Crippen molar-refractivity contribution < 1.29 is 9.59 Å². The lowest BCUT2D eigenvalue weighted by molar-refractivity contribution is -0.142. The highest BCUT2D eigenvalue weighted by Gasteiger charge is 2.44. The SMILES string of the molecule is CN(C)C(=O)[C@@]1(Cc2cccc(-c3ccccc3)c2)CCCN(C(=O)c2ccc(=O)[nH]n2)C1. The van der Waals surface area contributed by atoms with Gasteiger partial charge in [0.2, 0.25) is 5.91 Å². The largest absolute Gasteiger partial charge is 0.348 e. The van der Waals surface area contributed by atoms with Gasteiger partial charge in [-0.2, -0.15) is 5.10 Å². The highest BCUT2D eigenvalue weighted by atomic mass is 16.2. The molecule has 0 radical (unpaired) electrons. The zero-order valence-corrected chi connectivity index (χ0v) is 19.0. The quantitative estimate of drug-likeness (QED) is 0.656. The fourth-order valence-corrected chi connectivity index (χ4v) is 4.68. The molecular formula is C26H28N4O3. The van der Waals surface area contributed by atoms with Crippen molar-refractivity contribution in [1.82, 2.24) is 20.0 Å². The first-order valence-corrected chi connectivity index (χ1v) is 11.1. The Kier molecular flexibility index (Phi) is 6.40. The van der Waals surface area contributed by atoms with Crippen molar-refractivity contribution in [3.05, 3.63) is 88.3 Å². The van der Waals surface area contributed by atoms with Crippen LogP contribution in [0.5, 0.6) is 0 Å². The second kappa shape index (κ2) is 9.40. The van der Waals surface area contributed by atoms with Crippen LogP contribution in [0, 0.1) is 5.41 Å². The lowest BCUT2D eigenvalue weighted by Crippen LogP contribution is -2.54. The summed E-state index contributed by atoms with van der Waals surface area (Å²) < 4.78 is 0. The second-order valence-corrected chi connectivity index (χ2v) is 8.86. The molecule has 2 amide bonds. The summed E-state index contributed by atoms with van der Waals surface area (Å²) in [5, 5.41) is 6.20. The predicted octanol–water partition coefficient (Wildman–Crippen LogP) is 2.99. The number of benzene rings is 2. The van der Waals surface area contributed by atoms with Crippen LogP contribution >= 0.6 is 0 Å². The van der Waals surface area contributed by atoms with Crippen LogP contribution in [-0.4, -0.2) is 59.0 Å². The van der Waals surface area contributed by atoms with Crippen LogP contribution in [-0.2, 0) is 11.2 Å².